The van der Waals surface area contributed by atoms with Crippen LogP contribution in [0.3, 0.4) is 0 Å². The van der Waals surface area contributed by atoms with Gasteiger partial charge < -0.3 is 15.7 Å². The summed E-state index contributed by atoms with van der Waals surface area (Å²) in [7, 11) is 0. The van der Waals surface area contributed by atoms with Gasteiger partial charge in [0.25, 0.3) is 0 Å². The highest BCUT2D eigenvalue weighted by molar-refractivity contribution is 5.85. The Hall–Kier alpha value is -0.0600. The SMILES string of the molecule is CC(C)=CCC/C(C)=C/CNCCN[C@H]1[C@@H]2[C@@H]3[C@@H](O)[C@H]4[C@@H]5C[C@@H]([C@H]2[C@H]53)[C@@H]14.Cl.Cl. The summed E-state index contributed by atoms with van der Waals surface area (Å²) in [4.78, 5) is 0. The Morgan fingerprint density at radius 2 is 1.61 bits per heavy atom. The lowest BCUT2D eigenvalue weighted by Gasteiger charge is -2.49. The van der Waals surface area contributed by atoms with Crippen LogP contribution in [0.2, 0.25) is 0 Å². The van der Waals surface area contributed by atoms with Gasteiger partial charge in [-0.15, -0.1) is 24.8 Å². The zero-order chi connectivity index (χ0) is 18.0. The summed E-state index contributed by atoms with van der Waals surface area (Å²) in [6.07, 6.45) is 8.51. The lowest BCUT2D eigenvalue weighted by atomic mass is 9.58. The predicted molar refractivity (Wildman–Crippen MR) is 120 cm³/mol. The van der Waals surface area contributed by atoms with E-state index in [2.05, 4.69) is 43.6 Å². The van der Waals surface area contributed by atoms with Crippen LogP contribution in [0, 0.1) is 47.3 Å². The van der Waals surface area contributed by atoms with E-state index in [0.717, 1.165) is 67.6 Å². The Bertz CT molecular complexity index is 632. The van der Waals surface area contributed by atoms with Gasteiger partial charge in [0.15, 0.2) is 0 Å². The van der Waals surface area contributed by atoms with Gasteiger partial charge in [-0.2, -0.15) is 0 Å². The molecule has 3 N–H and O–H groups in total. The summed E-state index contributed by atoms with van der Waals surface area (Å²) in [6.45, 7) is 9.69. The number of halogens is 2. The van der Waals surface area contributed by atoms with Crippen molar-refractivity contribution >= 4 is 24.8 Å². The molecule has 0 aliphatic heterocycles. The van der Waals surface area contributed by atoms with E-state index < -0.39 is 0 Å². The fourth-order valence-corrected chi connectivity index (χ4v) is 8.12. The van der Waals surface area contributed by atoms with E-state index in [9.17, 15) is 5.11 Å². The maximum absolute atomic E-state index is 10.7. The third-order valence-electron chi connectivity index (χ3n) is 8.73. The minimum absolute atomic E-state index is 0. The van der Waals surface area contributed by atoms with E-state index in [1.165, 1.54) is 24.0 Å². The summed E-state index contributed by atoms with van der Waals surface area (Å²) >= 11 is 0. The van der Waals surface area contributed by atoms with Crippen LogP contribution in [0.5, 0.6) is 0 Å². The van der Waals surface area contributed by atoms with Crippen LogP contribution in [-0.4, -0.2) is 36.9 Å². The van der Waals surface area contributed by atoms with Gasteiger partial charge in [-0.05, 0) is 87.4 Å². The third-order valence-corrected chi connectivity index (χ3v) is 8.73. The number of aliphatic hydroxyl groups is 1. The Morgan fingerprint density at radius 3 is 2.36 bits per heavy atom. The third kappa shape index (κ3) is 3.21. The van der Waals surface area contributed by atoms with Crippen LogP contribution in [0.1, 0.15) is 40.0 Å². The highest BCUT2D eigenvalue weighted by atomic mass is 35.5. The molecule has 160 valence electrons. The van der Waals surface area contributed by atoms with Gasteiger partial charge in [0.1, 0.15) is 0 Å². The topological polar surface area (TPSA) is 44.3 Å². The van der Waals surface area contributed by atoms with Crippen LogP contribution >= 0.6 is 24.8 Å². The summed E-state index contributed by atoms with van der Waals surface area (Å²) in [5, 5.41) is 18.1. The van der Waals surface area contributed by atoms with Gasteiger partial charge in [0, 0.05) is 25.7 Å². The quantitative estimate of drug-likeness (QED) is 0.386. The number of allylic oxidation sites excluding steroid dienone is 3. The van der Waals surface area contributed by atoms with Crippen molar-refractivity contribution < 1.29 is 5.11 Å². The molecule has 28 heavy (non-hydrogen) atoms. The number of rotatable bonds is 9. The minimum atomic E-state index is 0. The van der Waals surface area contributed by atoms with Crippen molar-refractivity contribution in [1.29, 1.82) is 0 Å². The van der Waals surface area contributed by atoms with Crippen LogP contribution < -0.4 is 10.6 Å². The van der Waals surface area contributed by atoms with Gasteiger partial charge >= 0.3 is 0 Å². The number of hydrogen-bond donors (Lipinski definition) is 3. The highest BCUT2D eigenvalue weighted by Gasteiger charge is 2.83. The molecular weight excluding hydrogens is 391 g/mol. The van der Waals surface area contributed by atoms with E-state index in [-0.39, 0.29) is 30.9 Å². The predicted octanol–water partition coefficient (Wildman–Crippen LogP) is 3.82. The molecule has 0 saturated heterocycles. The average molecular weight is 429 g/mol. The van der Waals surface area contributed by atoms with E-state index in [0.29, 0.717) is 11.8 Å². The zero-order valence-corrected chi connectivity index (χ0v) is 19.1. The minimum Gasteiger partial charge on any atom is -0.393 e. The first-order chi connectivity index (χ1) is 12.6. The number of nitrogens with one attached hydrogen (secondary N) is 2. The molecule has 0 spiro atoms. The van der Waals surface area contributed by atoms with Crippen molar-refractivity contribution in [2.75, 3.05) is 19.6 Å². The summed E-state index contributed by atoms with van der Waals surface area (Å²) in [5.41, 5.74) is 2.90. The molecule has 0 aromatic rings. The van der Waals surface area contributed by atoms with E-state index >= 15 is 0 Å². The molecule has 0 radical (unpaired) electrons. The van der Waals surface area contributed by atoms with Crippen molar-refractivity contribution in [2.24, 2.45) is 47.3 Å². The maximum atomic E-state index is 10.7. The van der Waals surface area contributed by atoms with Crippen LogP contribution in [0.15, 0.2) is 23.3 Å². The molecule has 5 aliphatic carbocycles. The fourth-order valence-electron chi connectivity index (χ4n) is 8.12. The highest BCUT2D eigenvalue weighted by Crippen LogP contribution is 2.82. The smallest absolute Gasteiger partial charge is 0.0608 e. The zero-order valence-electron chi connectivity index (χ0n) is 17.4. The second-order valence-electron chi connectivity index (χ2n) is 10.1. The first kappa shape index (κ1) is 22.6. The molecule has 5 rings (SSSR count). The Kier molecular flexibility index (Phi) is 6.94. The number of fused-ring (bicyclic) bond motifs is 2. The summed E-state index contributed by atoms with van der Waals surface area (Å²) in [6, 6.07) is 0.718. The van der Waals surface area contributed by atoms with Gasteiger partial charge in [0.05, 0.1) is 6.10 Å². The van der Waals surface area contributed by atoms with Crippen LogP contribution in [-0.2, 0) is 0 Å². The van der Waals surface area contributed by atoms with E-state index in [1.807, 2.05) is 0 Å². The number of aliphatic hydroxyl groups excluding tert-OH is 1. The Morgan fingerprint density at radius 1 is 0.893 bits per heavy atom. The maximum Gasteiger partial charge on any atom is 0.0608 e. The standard InChI is InChI=1S/C23H36N2O.2ClH/c1-12(2)5-4-6-13(3)7-8-24-9-10-25-22-18-14-11-15-17-16(14)20(22)21(17)23(26)19(15)18;;/h5,7,14-26H,4,6,8-11H2,1-3H3;2*1H/b13-7+;;/t14-,15+,16-,17-,18+,19-,20-,21+,22+,23-;;/m0../s1. The lowest BCUT2D eigenvalue weighted by molar-refractivity contribution is -0.0646. The molecule has 10 atom stereocenters. The Balaban J connectivity index is 0.00000112. The Labute approximate surface area is 183 Å². The van der Waals surface area contributed by atoms with Gasteiger partial charge in [0.2, 0.25) is 0 Å². The molecule has 5 saturated carbocycles. The summed E-state index contributed by atoms with van der Waals surface area (Å²) in [5.74, 6) is 6.70. The van der Waals surface area contributed by atoms with Crippen molar-refractivity contribution in [3.8, 4) is 0 Å². The molecular formula is C23H38Cl2N2O. The number of hydrogen-bond acceptors (Lipinski definition) is 3. The molecule has 0 amide bonds. The molecule has 0 unspecified atom stereocenters. The second kappa shape index (κ2) is 8.59. The van der Waals surface area contributed by atoms with Crippen LogP contribution in [0.4, 0.5) is 0 Å². The molecule has 2 bridgehead atoms. The van der Waals surface area contributed by atoms with Crippen molar-refractivity contribution in [3.05, 3.63) is 23.3 Å². The van der Waals surface area contributed by atoms with E-state index in [1.54, 1.807) is 0 Å². The first-order valence-electron chi connectivity index (χ1n) is 11.0. The molecule has 5 aliphatic rings. The van der Waals surface area contributed by atoms with Crippen molar-refractivity contribution in [1.82, 2.24) is 10.6 Å². The molecule has 5 heteroatoms. The monoisotopic (exact) mass is 428 g/mol. The van der Waals surface area contributed by atoms with Crippen LogP contribution in [0.25, 0.3) is 0 Å². The molecule has 3 nitrogen and oxygen atoms in total. The van der Waals surface area contributed by atoms with E-state index in [4.69, 9.17) is 0 Å². The summed E-state index contributed by atoms with van der Waals surface area (Å²) < 4.78 is 0. The lowest BCUT2D eigenvalue weighted by Crippen LogP contribution is -2.56. The molecule has 0 aromatic carbocycles. The molecule has 5 fully saturated rings. The van der Waals surface area contributed by atoms with Gasteiger partial charge in [-0.1, -0.05) is 23.3 Å². The van der Waals surface area contributed by atoms with Gasteiger partial charge in [-0.25, -0.2) is 0 Å². The second-order valence-corrected chi connectivity index (χ2v) is 10.1. The fraction of sp³-hybridized carbons (Fsp3) is 0.826. The van der Waals surface area contributed by atoms with Crippen molar-refractivity contribution in [2.45, 2.75) is 52.2 Å². The normalized spacial score (nSPS) is 45.6. The molecule has 0 heterocycles. The van der Waals surface area contributed by atoms with Gasteiger partial charge in [-0.3, -0.25) is 0 Å². The van der Waals surface area contributed by atoms with Crippen molar-refractivity contribution in [3.63, 3.8) is 0 Å². The first-order valence-corrected chi connectivity index (χ1v) is 11.0. The average Bonchev–Trinajstić information content (AvgIpc) is 3.10. The largest absolute Gasteiger partial charge is 0.393 e. The molecule has 0 aromatic heterocycles.